The fourth-order valence-corrected chi connectivity index (χ4v) is 4.68. The number of hydrogen-bond donors (Lipinski definition) is 0. The lowest BCUT2D eigenvalue weighted by Gasteiger charge is -2.41. The second kappa shape index (κ2) is 10.3. The molecule has 7 heteroatoms. The van der Waals surface area contributed by atoms with Crippen molar-refractivity contribution in [3.05, 3.63) is 89.0 Å². The van der Waals surface area contributed by atoms with E-state index in [0.717, 1.165) is 32.0 Å². The Morgan fingerprint density at radius 2 is 1.63 bits per heavy atom. The number of nitrogens with zero attached hydrogens (tertiary/aromatic N) is 2. The first-order valence-corrected chi connectivity index (χ1v) is 11.7. The van der Waals surface area contributed by atoms with Gasteiger partial charge in [0.25, 0.3) is 0 Å². The molecule has 0 atom stereocenters. The minimum Gasteiger partial charge on any atom is -0.376 e. The molecule has 0 radical (unpaired) electrons. The van der Waals surface area contributed by atoms with Gasteiger partial charge < -0.3 is 9.64 Å². The molecule has 1 heterocycles. The van der Waals surface area contributed by atoms with E-state index in [-0.39, 0.29) is 12.0 Å². The van der Waals surface area contributed by atoms with Gasteiger partial charge in [0.15, 0.2) is 0 Å². The summed E-state index contributed by atoms with van der Waals surface area (Å²) in [6.45, 7) is 2.44. The van der Waals surface area contributed by atoms with Gasteiger partial charge in [0.1, 0.15) is 7.85 Å². The molecule has 0 N–H and O–H groups in total. The molecular formula is C28H28BF3N2O. The Bertz CT molecular complexity index is 1190. The Kier molecular flexibility index (Phi) is 7.35. The predicted molar refractivity (Wildman–Crippen MR) is 134 cm³/mol. The number of benzene rings is 3. The van der Waals surface area contributed by atoms with Gasteiger partial charge in [-0.15, -0.1) is 0 Å². The van der Waals surface area contributed by atoms with Crippen LogP contribution in [0.5, 0.6) is 0 Å². The van der Waals surface area contributed by atoms with Crippen molar-refractivity contribution in [1.82, 2.24) is 4.90 Å². The van der Waals surface area contributed by atoms with Gasteiger partial charge in [-0.25, -0.2) is 0 Å². The van der Waals surface area contributed by atoms with E-state index in [1.165, 1.54) is 17.1 Å². The second-order valence-corrected chi connectivity index (χ2v) is 9.55. The van der Waals surface area contributed by atoms with E-state index in [9.17, 15) is 13.2 Å². The van der Waals surface area contributed by atoms with Crippen LogP contribution in [-0.2, 0) is 22.9 Å². The summed E-state index contributed by atoms with van der Waals surface area (Å²) in [5.74, 6) is 0. The number of nitriles is 1. The van der Waals surface area contributed by atoms with E-state index >= 15 is 0 Å². The summed E-state index contributed by atoms with van der Waals surface area (Å²) in [4.78, 5) is 2.29. The number of piperidine rings is 1. The Balaban J connectivity index is 1.57. The highest BCUT2D eigenvalue weighted by atomic mass is 19.4. The SMILES string of the molecule is Bc1ccc(C2(COCc3cc(-c4ccc(C#N)cc4)cc(C(F)(F)F)c3)CCN(C)CC2)cc1. The topological polar surface area (TPSA) is 36.3 Å². The molecule has 4 rings (SSSR count). The van der Waals surface area contributed by atoms with Crippen molar-refractivity contribution in [2.45, 2.75) is 31.0 Å². The Morgan fingerprint density at radius 3 is 2.23 bits per heavy atom. The van der Waals surface area contributed by atoms with Crippen molar-refractivity contribution in [3.8, 4) is 17.2 Å². The average Bonchev–Trinajstić information content (AvgIpc) is 2.85. The molecule has 3 aromatic carbocycles. The highest BCUT2D eigenvalue weighted by Gasteiger charge is 2.36. The summed E-state index contributed by atoms with van der Waals surface area (Å²) < 4.78 is 47.1. The van der Waals surface area contributed by atoms with Crippen molar-refractivity contribution < 1.29 is 17.9 Å². The van der Waals surface area contributed by atoms with E-state index in [1.54, 1.807) is 30.3 Å². The molecule has 0 unspecified atom stereocenters. The van der Waals surface area contributed by atoms with Crippen LogP contribution in [0.4, 0.5) is 13.2 Å². The summed E-state index contributed by atoms with van der Waals surface area (Å²) in [6.07, 6.45) is -2.59. The van der Waals surface area contributed by atoms with Crippen molar-refractivity contribution >= 4 is 13.3 Å². The molecule has 35 heavy (non-hydrogen) atoms. The molecule has 0 bridgehead atoms. The fraction of sp³-hybridized carbons (Fsp3) is 0.321. The van der Waals surface area contributed by atoms with Gasteiger partial charge in [0.2, 0.25) is 0 Å². The van der Waals surface area contributed by atoms with Crippen molar-refractivity contribution in [3.63, 3.8) is 0 Å². The molecule has 0 spiro atoms. The van der Waals surface area contributed by atoms with Crippen LogP contribution in [0.1, 0.15) is 35.1 Å². The zero-order valence-corrected chi connectivity index (χ0v) is 20.0. The first-order chi connectivity index (χ1) is 16.7. The minimum atomic E-state index is -4.46. The van der Waals surface area contributed by atoms with Crippen LogP contribution in [0.2, 0.25) is 0 Å². The quantitative estimate of drug-likeness (QED) is 0.485. The number of halogens is 3. The number of hydrogen-bond acceptors (Lipinski definition) is 3. The highest BCUT2D eigenvalue weighted by molar-refractivity contribution is 6.32. The summed E-state index contributed by atoms with van der Waals surface area (Å²) in [5, 5.41) is 9.01. The van der Waals surface area contributed by atoms with Gasteiger partial charge in [-0.1, -0.05) is 41.9 Å². The smallest absolute Gasteiger partial charge is 0.376 e. The van der Waals surface area contributed by atoms with Gasteiger partial charge in [-0.05, 0) is 85.6 Å². The molecule has 1 saturated heterocycles. The maximum Gasteiger partial charge on any atom is 0.416 e. The third-order valence-corrected chi connectivity index (χ3v) is 6.92. The maximum atomic E-state index is 13.7. The summed E-state index contributed by atoms with van der Waals surface area (Å²) >= 11 is 0. The number of ether oxygens (including phenoxy) is 1. The Morgan fingerprint density at radius 1 is 0.971 bits per heavy atom. The van der Waals surface area contributed by atoms with Crippen molar-refractivity contribution in [2.75, 3.05) is 26.7 Å². The first-order valence-electron chi connectivity index (χ1n) is 11.7. The lowest BCUT2D eigenvalue weighted by Crippen LogP contribution is -2.44. The summed E-state index contributed by atoms with van der Waals surface area (Å²) in [7, 11) is 4.16. The molecular weight excluding hydrogens is 448 g/mol. The summed E-state index contributed by atoms with van der Waals surface area (Å²) in [5.41, 5.74) is 3.58. The zero-order chi connectivity index (χ0) is 25.1. The lowest BCUT2D eigenvalue weighted by atomic mass is 9.73. The largest absolute Gasteiger partial charge is 0.416 e. The first kappa shape index (κ1) is 25.0. The number of likely N-dealkylation sites (tertiary alicyclic amines) is 1. The minimum absolute atomic E-state index is 0.0939. The Hall–Kier alpha value is -3.08. The van der Waals surface area contributed by atoms with Crippen LogP contribution in [0.3, 0.4) is 0 Å². The normalized spacial score (nSPS) is 16.1. The molecule has 1 fully saturated rings. The van der Waals surface area contributed by atoms with Crippen LogP contribution < -0.4 is 5.46 Å². The molecule has 3 nitrogen and oxygen atoms in total. The third kappa shape index (κ3) is 5.95. The van der Waals surface area contributed by atoms with Gasteiger partial charge >= 0.3 is 6.18 Å². The van der Waals surface area contributed by atoms with Crippen LogP contribution in [0.15, 0.2) is 66.7 Å². The van der Waals surface area contributed by atoms with Gasteiger partial charge in [-0.3, -0.25) is 0 Å². The summed E-state index contributed by atoms with van der Waals surface area (Å²) in [6, 6.07) is 21.2. The molecule has 180 valence electrons. The highest BCUT2D eigenvalue weighted by Crippen LogP contribution is 2.37. The van der Waals surface area contributed by atoms with Crippen molar-refractivity contribution in [1.29, 1.82) is 5.26 Å². The van der Waals surface area contributed by atoms with Crippen LogP contribution in [0.25, 0.3) is 11.1 Å². The third-order valence-electron chi connectivity index (χ3n) is 6.92. The molecule has 0 saturated carbocycles. The monoisotopic (exact) mass is 476 g/mol. The van der Waals surface area contributed by atoms with E-state index < -0.39 is 11.7 Å². The second-order valence-electron chi connectivity index (χ2n) is 9.55. The number of alkyl halides is 3. The molecule has 1 aliphatic rings. The predicted octanol–water partition coefficient (Wildman–Crippen LogP) is 4.68. The average molecular weight is 476 g/mol. The molecule has 0 aromatic heterocycles. The molecule has 1 aliphatic heterocycles. The van der Waals surface area contributed by atoms with E-state index in [0.29, 0.717) is 28.9 Å². The van der Waals surface area contributed by atoms with E-state index in [1.807, 2.05) is 6.07 Å². The zero-order valence-electron chi connectivity index (χ0n) is 20.0. The number of rotatable bonds is 6. The lowest BCUT2D eigenvalue weighted by molar-refractivity contribution is -0.137. The van der Waals surface area contributed by atoms with E-state index in [2.05, 4.69) is 44.1 Å². The molecule has 3 aromatic rings. The molecule has 0 aliphatic carbocycles. The molecule has 0 amide bonds. The van der Waals surface area contributed by atoms with Gasteiger partial charge in [0.05, 0.1) is 30.4 Å². The van der Waals surface area contributed by atoms with Crippen LogP contribution >= 0.6 is 0 Å². The standard InChI is InChI=1S/C28H28BF3N2O/c1-34-12-10-27(11-13-34,24-6-8-26(29)9-7-24)19-35-18-21-14-23(16-25(15-21)28(30,31)32)22-4-2-20(17-33)3-5-22/h2-9,14-16H,10-13,18-19,29H2,1H3. The van der Waals surface area contributed by atoms with E-state index in [4.69, 9.17) is 10.00 Å². The van der Waals surface area contributed by atoms with Crippen LogP contribution in [-0.4, -0.2) is 39.5 Å². The maximum absolute atomic E-state index is 13.7. The Labute approximate surface area is 205 Å². The van der Waals surface area contributed by atoms with Crippen LogP contribution in [0, 0.1) is 11.3 Å². The van der Waals surface area contributed by atoms with Gasteiger partial charge in [-0.2, -0.15) is 18.4 Å². The van der Waals surface area contributed by atoms with Crippen molar-refractivity contribution in [2.24, 2.45) is 0 Å². The fourth-order valence-electron chi connectivity index (χ4n) is 4.68. The van der Waals surface area contributed by atoms with Gasteiger partial charge in [0, 0.05) is 5.41 Å².